The third-order valence-corrected chi connectivity index (χ3v) is 9.13. The summed E-state index contributed by atoms with van der Waals surface area (Å²) in [6, 6.07) is 21.5. The number of carbonyl (C=O) groups excluding carboxylic acids is 2. The number of aromatic nitrogens is 3. The van der Waals surface area contributed by atoms with Crippen LogP contribution in [-0.4, -0.2) is 34.2 Å². The maximum Gasteiger partial charge on any atom is 0.277 e. The molecule has 0 radical (unpaired) electrons. The van der Waals surface area contributed by atoms with Crippen molar-refractivity contribution in [1.29, 1.82) is 0 Å². The normalized spacial score (nSPS) is 11.5. The van der Waals surface area contributed by atoms with Crippen LogP contribution in [0.3, 0.4) is 0 Å². The standard InChI is InChI=1S/C35H35FN4O5S/c1-3-4-14-32-37-30-19-20-39(22-24(2)41)35(43)34(30)40(32)23-27-17-16-26(21-29(27)36)28-12-8-9-13-31(28)46(44,45)38-33(42)18-15-25-10-6-5-7-11-25/h5-13,16-17,19-21H,3-4,14-15,18,22-23H2,1-2H3,(H,38,42). The van der Waals surface area contributed by atoms with Gasteiger partial charge in [0, 0.05) is 30.2 Å². The highest BCUT2D eigenvalue weighted by Gasteiger charge is 2.23. The molecule has 0 spiro atoms. The van der Waals surface area contributed by atoms with Crippen molar-refractivity contribution >= 4 is 32.7 Å². The topological polar surface area (TPSA) is 120 Å². The van der Waals surface area contributed by atoms with Gasteiger partial charge in [0.25, 0.3) is 15.6 Å². The van der Waals surface area contributed by atoms with Gasteiger partial charge in [0.2, 0.25) is 5.91 Å². The second-order valence-corrected chi connectivity index (χ2v) is 12.9. The maximum atomic E-state index is 15.8. The number of Topliss-reactive ketones (excluding diaryl/α,β-unsaturated/α-hetero) is 1. The lowest BCUT2D eigenvalue weighted by atomic mass is 10.0. The van der Waals surface area contributed by atoms with Crippen molar-refractivity contribution in [2.75, 3.05) is 0 Å². The van der Waals surface area contributed by atoms with Gasteiger partial charge in [-0.25, -0.2) is 22.5 Å². The van der Waals surface area contributed by atoms with E-state index in [1.165, 1.54) is 29.7 Å². The van der Waals surface area contributed by atoms with Gasteiger partial charge in [-0.2, -0.15) is 0 Å². The zero-order valence-electron chi connectivity index (χ0n) is 25.7. The Kier molecular flexibility index (Phi) is 9.91. The molecule has 238 valence electrons. The second kappa shape index (κ2) is 14.0. The highest BCUT2D eigenvalue weighted by Crippen LogP contribution is 2.29. The molecule has 0 saturated carbocycles. The van der Waals surface area contributed by atoms with Crippen LogP contribution in [0, 0.1) is 5.82 Å². The quantitative estimate of drug-likeness (QED) is 0.183. The molecule has 2 aromatic heterocycles. The number of aryl methyl sites for hydroxylation is 2. The molecule has 46 heavy (non-hydrogen) atoms. The number of pyridine rings is 1. The molecule has 0 aliphatic rings. The molecule has 5 rings (SSSR count). The second-order valence-electron chi connectivity index (χ2n) is 11.2. The number of carbonyl (C=O) groups is 2. The molecule has 0 aliphatic heterocycles. The molecular weight excluding hydrogens is 607 g/mol. The van der Waals surface area contributed by atoms with E-state index in [2.05, 4.69) is 9.71 Å². The lowest BCUT2D eigenvalue weighted by Crippen LogP contribution is -2.31. The van der Waals surface area contributed by atoms with Crippen molar-refractivity contribution in [3.63, 3.8) is 0 Å². The van der Waals surface area contributed by atoms with Crippen LogP contribution in [0.15, 0.2) is 94.7 Å². The molecule has 0 fully saturated rings. The summed E-state index contributed by atoms with van der Waals surface area (Å²) in [5.41, 5.74) is 2.11. The average Bonchev–Trinajstić information content (AvgIpc) is 3.39. The number of hydrogen-bond donors (Lipinski definition) is 1. The number of ketones is 1. The number of hydrogen-bond acceptors (Lipinski definition) is 6. The van der Waals surface area contributed by atoms with Gasteiger partial charge in [0.15, 0.2) is 0 Å². The van der Waals surface area contributed by atoms with Crippen LogP contribution in [0.1, 0.15) is 50.1 Å². The molecule has 5 aromatic rings. The molecule has 11 heteroatoms. The number of benzene rings is 3. The van der Waals surface area contributed by atoms with Crippen LogP contribution in [0.4, 0.5) is 4.39 Å². The van der Waals surface area contributed by atoms with Crippen LogP contribution >= 0.6 is 0 Å². The predicted octanol–water partition coefficient (Wildman–Crippen LogP) is 5.42. The molecular formula is C35H35FN4O5S. The Labute approximate surface area is 266 Å². The number of nitrogens with one attached hydrogen (secondary N) is 1. The molecule has 0 atom stereocenters. The summed E-state index contributed by atoms with van der Waals surface area (Å²) in [5.74, 6) is -0.777. The van der Waals surface area contributed by atoms with Crippen LogP contribution in [-0.2, 0) is 45.5 Å². The fourth-order valence-corrected chi connectivity index (χ4v) is 6.64. The predicted molar refractivity (Wildman–Crippen MR) is 174 cm³/mol. The Morgan fingerprint density at radius 3 is 2.41 bits per heavy atom. The molecule has 0 bridgehead atoms. The minimum absolute atomic E-state index is 0.0123. The summed E-state index contributed by atoms with van der Waals surface area (Å²) in [5, 5.41) is 0. The van der Waals surface area contributed by atoms with E-state index < -0.39 is 21.7 Å². The Hall–Kier alpha value is -4.90. The minimum atomic E-state index is -4.26. The van der Waals surface area contributed by atoms with E-state index in [1.807, 2.05) is 37.3 Å². The Balaban J connectivity index is 1.44. The van der Waals surface area contributed by atoms with Crippen molar-refractivity contribution in [3.05, 3.63) is 118 Å². The molecule has 0 aliphatic carbocycles. The van der Waals surface area contributed by atoms with Gasteiger partial charge in [0.05, 0.1) is 23.5 Å². The summed E-state index contributed by atoms with van der Waals surface area (Å²) in [7, 11) is -4.26. The van der Waals surface area contributed by atoms with Crippen LogP contribution in [0.25, 0.3) is 22.2 Å². The van der Waals surface area contributed by atoms with Crippen molar-refractivity contribution in [2.45, 2.75) is 63.9 Å². The van der Waals surface area contributed by atoms with Crippen molar-refractivity contribution in [1.82, 2.24) is 18.8 Å². The first-order valence-electron chi connectivity index (χ1n) is 15.1. The van der Waals surface area contributed by atoms with E-state index in [0.717, 1.165) is 18.4 Å². The SMILES string of the molecule is CCCCc1nc2ccn(CC(C)=O)c(=O)c2n1Cc1ccc(-c2ccccc2S(=O)(=O)NC(=O)CCc2ccccc2)cc1F. The largest absolute Gasteiger partial charge is 0.319 e. The molecule has 2 heterocycles. The first-order valence-corrected chi connectivity index (χ1v) is 16.6. The Morgan fingerprint density at radius 1 is 0.957 bits per heavy atom. The minimum Gasteiger partial charge on any atom is -0.319 e. The first kappa shape index (κ1) is 32.5. The maximum absolute atomic E-state index is 15.8. The van der Waals surface area contributed by atoms with E-state index in [9.17, 15) is 22.8 Å². The number of unbranched alkanes of at least 4 members (excludes halogenated alkanes) is 1. The smallest absolute Gasteiger partial charge is 0.277 e. The number of halogens is 1. The highest BCUT2D eigenvalue weighted by molar-refractivity contribution is 7.90. The van der Waals surface area contributed by atoms with Crippen molar-refractivity contribution in [3.8, 4) is 11.1 Å². The number of amides is 1. The third-order valence-electron chi connectivity index (χ3n) is 7.70. The van der Waals surface area contributed by atoms with Crippen molar-refractivity contribution in [2.24, 2.45) is 0 Å². The number of rotatable bonds is 13. The van der Waals surface area contributed by atoms with Gasteiger partial charge >= 0.3 is 0 Å². The summed E-state index contributed by atoms with van der Waals surface area (Å²) >= 11 is 0. The fourth-order valence-electron chi connectivity index (χ4n) is 5.40. The van der Waals surface area contributed by atoms with Gasteiger partial charge in [-0.1, -0.05) is 74.0 Å². The van der Waals surface area contributed by atoms with Crippen molar-refractivity contribution < 1.29 is 22.4 Å². The molecule has 3 aromatic carbocycles. The summed E-state index contributed by atoms with van der Waals surface area (Å²) in [6.07, 6.45) is 4.21. The van der Waals surface area contributed by atoms with Gasteiger partial charge in [-0.05, 0) is 49.1 Å². The average molecular weight is 643 g/mol. The fraction of sp³-hybridized carbons (Fsp3) is 0.257. The summed E-state index contributed by atoms with van der Waals surface area (Å²) in [6.45, 7) is 3.38. The zero-order chi connectivity index (χ0) is 32.8. The van der Waals surface area contributed by atoms with Gasteiger partial charge in [-0.3, -0.25) is 14.4 Å². The molecule has 9 nitrogen and oxygen atoms in total. The van der Waals surface area contributed by atoms with Crippen LogP contribution < -0.4 is 10.3 Å². The number of imidazole rings is 1. The number of fused-ring (bicyclic) bond motifs is 1. The van der Waals surface area contributed by atoms with Gasteiger partial charge in [-0.15, -0.1) is 0 Å². The summed E-state index contributed by atoms with van der Waals surface area (Å²) in [4.78, 5) is 42.2. The van der Waals surface area contributed by atoms with Crippen LogP contribution in [0.5, 0.6) is 0 Å². The highest BCUT2D eigenvalue weighted by atomic mass is 32.2. The zero-order valence-corrected chi connectivity index (χ0v) is 26.5. The number of nitrogens with zero attached hydrogens (tertiary/aromatic N) is 3. The summed E-state index contributed by atoms with van der Waals surface area (Å²) < 4.78 is 47.5. The molecule has 1 amide bonds. The van der Waals surface area contributed by atoms with Crippen LogP contribution in [0.2, 0.25) is 0 Å². The lowest BCUT2D eigenvalue weighted by molar-refractivity contribution is -0.119. The van der Waals surface area contributed by atoms with E-state index in [4.69, 9.17) is 0 Å². The molecule has 0 unspecified atom stereocenters. The van der Waals surface area contributed by atoms with E-state index in [1.54, 1.807) is 41.1 Å². The Morgan fingerprint density at radius 2 is 1.70 bits per heavy atom. The lowest BCUT2D eigenvalue weighted by Gasteiger charge is -2.14. The third kappa shape index (κ3) is 7.31. The van der Waals surface area contributed by atoms with E-state index in [-0.39, 0.29) is 52.4 Å². The van der Waals surface area contributed by atoms with E-state index in [0.29, 0.717) is 29.7 Å². The molecule has 0 saturated heterocycles. The monoisotopic (exact) mass is 642 g/mol. The van der Waals surface area contributed by atoms with Gasteiger partial charge in [0.1, 0.15) is 22.9 Å². The molecule has 1 N–H and O–H groups in total. The first-order chi connectivity index (χ1) is 22.1. The number of sulfonamides is 1. The van der Waals surface area contributed by atoms with Gasteiger partial charge < -0.3 is 9.13 Å². The van der Waals surface area contributed by atoms with E-state index >= 15 is 4.39 Å². The Bertz CT molecular complexity index is 2070.